The first-order valence-corrected chi connectivity index (χ1v) is 9.64. The normalized spacial score (nSPS) is 24.2. The molecular weight excluding hydrogens is 354 g/mol. The summed E-state index contributed by atoms with van der Waals surface area (Å²) in [5.74, 6) is -0.767. The summed E-state index contributed by atoms with van der Waals surface area (Å²) in [6.07, 6.45) is 2.19. The lowest BCUT2D eigenvalue weighted by Crippen LogP contribution is -2.41. The van der Waals surface area contributed by atoms with Gasteiger partial charge in [-0.1, -0.05) is 36.8 Å². The molecule has 0 aliphatic carbocycles. The molecule has 144 valence electrons. The average molecular weight is 377 g/mol. The van der Waals surface area contributed by atoms with Gasteiger partial charge in [0.2, 0.25) is 11.9 Å². The second-order valence-corrected chi connectivity index (χ2v) is 7.83. The van der Waals surface area contributed by atoms with Crippen molar-refractivity contribution in [2.24, 2.45) is 11.8 Å². The van der Waals surface area contributed by atoms with E-state index in [0.717, 1.165) is 37.1 Å². The molecule has 2 aliphatic rings. The smallest absolute Gasteiger partial charge is 0.258 e. The predicted octanol–water partition coefficient (Wildman–Crippen LogP) is 2.54. The zero-order chi connectivity index (χ0) is 19.8. The zero-order valence-electron chi connectivity index (χ0n) is 16.0. The summed E-state index contributed by atoms with van der Waals surface area (Å²) >= 11 is 0. The molecule has 1 saturated heterocycles. The number of aromatic amines is 1. The fourth-order valence-electron chi connectivity index (χ4n) is 4.16. The van der Waals surface area contributed by atoms with Crippen LogP contribution in [0.1, 0.15) is 42.4 Å². The molecule has 0 bridgehead atoms. The minimum absolute atomic E-state index is 0.263. The highest BCUT2D eigenvalue weighted by molar-refractivity contribution is 5.97. The fraction of sp³-hybridized carbons (Fsp3) is 0.429. The van der Waals surface area contributed by atoms with Gasteiger partial charge >= 0.3 is 0 Å². The van der Waals surface area contributed by atoms with Crippen molar-refractivity contribution in [3.63, 3.8) is 0 Å². The van der Waals surface area contributed by atoms with Gasteiger partial charge in [-0.05, 0) is 31.2 Å². The minimum atomic E-state index is -0.973. The monoisotopic (exact) mass is 377 g/mol. The van der Waals surface area contributed by atoms with Crippen LogP contribution in [0.2, 0.25) is 0 Å². The van der Waals surface area contributed by atoms with E-state index in [0.29, 0.717) is 17.4 Å². The van der Waals surface area contributed by atoms with Crippen molar-refractivity contribution in [1.29, 1.82) is 5.26 Å². The Morgan fingerprint density at radius 1 is 1.25 bits per heavy atom. The van der Waals surface area contributed by atoms with Gasteiger partial charge < -0.3 is 10.2 Å². The minimum Gasteiger partial charge on any atom is -0.342 e. The van der Waals surface area contributed by atoms with Gasteiger partial charge in [0, 0.05) is 19.0 Å². The van der Waals surface area contributed by atoms with E-state index >= 15 is 0 Å². The van der Waals surface area contributed by atoms with E-state index in [1.54, 1.807) is 0 Å². The van der Waals surface area contributed by atoms with Crippen LogP contribution in [-0.2, 0) is 4.79 Å². The molecule has 1 fully saturated rings. The summed E-state index contributed by atoms with van der Waals surface area (Å²) in [5.41, 5.74) is 1.88. The van der Waals surface area contributed by atoms with Crippen molar-refractivity contribution in [3.05, 3.63) is 51.3 Å². The molecule has 3 heterocycles. The SMILES string of the molecule is Cc1ccc([C@@H]2c3c(nc(N4CCC[C@@H](C)C4)[nH]c3=O)NC(=O)[C@@H]2C#N)cc1. The highest BCUT2D eigenvalue weighted by Gasteiger charge is 2.40. The van der Waals surface area contributed by atoms with Gasteiger partial charge in [0.25, 0.3) is 5.56 Å². The van der Waals surface area contributed by atoms with Crippen LogP contribution < -0.4 is 15.8 Å². The molecule has 0 saturated carbocycles. The summed E-state index contributed by atoms with van der Waals surface area (Å²) in [5, 5.41) is 12.3. The number of nitrogens with one attached hydrogen (secondary N) is 2. The van der Waals surface area contributed by atoms with Crippen LogP contribution in [-0.4, -0.2) is 29.0 Å². The number of H-pyrrole nitrogens is 1. The van der Waals surface area contributed by atoms with Crippen LogP contribution in [0.15, 0.2) is 29.1 Å². The van der Waals surface area contributed by atoms with Crippen LogP contribution in [0.3, 0.4) is 0 Å². The lowest BCUT2D eigenvalue weighted by molar-refractivity contribution is -0.119. The summed E-state index contributed by atoms with van der Waals surface area (Å²) in [4.78, 5) is 35.2. The summed E-state index contributed by atoms with van der Waals surface area (Å²) < 4.78 is 0. The number of carbonyl (C=O) groups is 1. The molecule has 0 spiro atoms. The van der Waals surface area contributed by atoms with Crippen LogP contribution in [0.4, 0.5) is 11.8 Å². The summed E-state index contributed by atoms with van der Waals surface area (Å²) in [6, 6.07) is 9.64. The number of benzene rings is 1. The number of amides is 1. The van der Waals surface area contributed by atoms with Crippen molar-refractivity contribution in [2.75, 3.05) is 23.3 Å². The number of aromatic nitrogens is 2. The molecule has 2 aromatic rings. The Balaban J connectivity index is 1.82. The Bertz CT molecular complexity index is 1000. The van der Waals surface area contributed by atoms with Crippen molar-refractivity contribution >= 4 is 17.7 Å². The van der Waals surface area contributed by atoms with E-state index in [4.69, 9.17) is 0 Å². The van der Waals surface area contributed by atoms with Gasteiger partial charge in [-0.25, -0.2) is 0 Å². The van der Waals surface area contributed by atoms with Crippen LogP contribution >= 0.6 is 0 Å². The number of hydrogen-bond donors (Lipinski definition) is 2. The van der Waals surface area contributed by atoms with E-state index in [2.05, 4.69) is 33.2 Å². The molecule has 28 heavy (non-hydrogen) atoms. The molecule has 7 heteroatoms. The molecule has 4 rings (SSSR count). The largest absolute Gasteiger partial charge is 0.342 e. The van der Waals surface area contributed by atoms with Crippen molar-refractivity contribution < 1.29 is 4.79 Å². The van der Waals surface area contributed by atoms with E-state index < -0.39 is 17.7 Å². The van der Waals surface area contributed by atoms with Crippen molar-refractivity contribution in [2.45, 2.75) is 32.6 Å². The number of piperidine rings is 1. The molecule has 3 atom stereocenters. The van der Waals surface area contributed by atoms with Crippen molar-refractivity contribution in [3.8, 4) is 6.07 Å². The Kier molecular flexibility index (Phi) is 4.63. The van der Waals surface area contributed by atoms with E-state index in [1.807, 2.05) is 31.2 Å². The van der Waals surface area contributed by atoms with Crippen molar-refractivity contribution in [1.82, 2.24) is 9.97 Å². The molecule has 0 unspecified atom stereocenters. The lowest BCUT2D eigenvalue weighted by atomic mass is 9.79. The zero-order valence-corrected chi connectivity index (χ0v) is 16.0. The molecule has 2 N–H and O–H groups in total. The van der Waals surface area contributed by atoms with Gasteiger partial charge in [-0.2, -0.15) is 10.2 Å². The average Bonchev–Trinajstić information content (AvgIpc) is 2.67. The first-order valence-electron chi connectivity index (χ1n) is 9.64. The maximum atomic E-state index is 13.0. The lowest BCUT2D eigenvalue weighted by Gasteiger charge is -2.33. The van der Waals surface area contributed by atoms with Crippen LogP contribution in [0.5, 0.6) is 0 Å². The third-order valence-electron chi connectivity index (χ3n) is 5.64. The Morgan fingerprint density at radius 3 is 2.68 bits per heavy atom. The first-order chi connectivity index (χ1) is 13.5. The molecular formula is C21H23N5O2. The molecule has 0 radical (unpaired) electrons. The third-order valence-corrected chi connectivity index (χ3v) is 5.64. The van der Waals surface area contributed by atoms with Gasteiger partial charge in [-0.15, -0.1) is 0 Å². The number of aryl methyl sites for hydroxylation is 1. The molecule has 2 aliphatic heterocycles. The number of hydrogen-bond acceptors (Lipinski definition) is 5. The van der Waals surface area contributed by atoms with Gasteiger partial charge in [0.1, 0.15) is 11.7 Å². The topological polar surface area (TPSA) is 102 Å². The standard InChI is InChI=1S/C21H23N5O2/c1-12-5-7-14(8-6-12)16-15(10-22)19(27)23-18-17(16)20(28)25-21(24-18)26-9-3-4-13(2)11-26/h5-8,13,15-16H,3-4,9,11H2,1-2H3,(H2,23,24,25,27,28)/t13-,15-,16+/m1/s1. The Hall–Kier alpha value is -3.14. The number of fused-ring (bicyclic) bond motifs is 1. The maximum absolute atomic E-state index is 13.0. The Labute approximate surface area is 163 Å². The fourth-order valence-corrected chi connectivity index (χ4v) is 4.16. The highest BCUT2D eigenvalue weighted by Crippen LogP contribution is 2.38. The van der Waals surface area contributed by atoms with Crippen LogP contribution in [0.25, 0.3) is 0 Å². The predicted molar refractivity (Wildman–Crippen MR) is 106 cm³/mol. The Morgan fingerprint density at radius 2 is 2.00 bits per heavy atom. The van der Waals surface area contributed by atoms with E-state index in [1.165, 1.54) is 0 Å². The third kappa shape index (κ3) is 3.15. The van der Waals surface area contributed by atoms with Gasteiger partial charge in [0.05, 0.1) is 11.6 Å². The van der Waals surface area contributed by atoms with E-state index in [9.17, 15) is 14.9 Å². The van der Waals surface area contributed by atoms with Gasteiger partial charge in [0.15, 0.2) is 0 Å². The molecule has 7 nitrogen and oxygen atoms in total. The number of nitriles is 1. The number of nitrogens with zero attached hydrogens (tertiary/aromatic N) is 3. The number of carbonyl (C=O) groups excluding carboxylic acids is 1. The summed E-state index contributed by atoms with van der Waals surface area (Å²) in [7, 11) is 0. The maximum Gasteiger partial charge on any atom is 0.258 e. The summed E-state index contributed by atoms with van der Waals surface area (Å²) in [6.45, 7) is 5.78. The van der Waals surface area contributed by atoms with Gasteiger partial charge in [-0.3, -0.25) is 14.6 Å². The molecule has 1 aromatic carbocycles. The quantitative estimate of drug-likeness (QED) is 0.837. The molecule has 1 aromatic heterocycles. The highest BCUT2D eigenvalue weighted by atomic mass is 16.2. The number of anilines is 2. The first kappa shape index (κ1) is 18.2. The number of rotatable bonds is 2. The van der Waals surface area contributed by atoms with E-state index in [-0.39, 0.29) is 11.4 Å². The second kappa shape index (κ2) is 7.12. The second-order valence-electron chi connectivity index (χ2n) is 7.83. The van der Waals surface area contributed by atoms with Crippen LogP contribution in [0, 0.1) is 30.1 Å². The molecule has 1 amide bonds.